The smallest absolute Gasteiger partial charge is 0.249 e. The number of hydrogen-bond donors (Lipinski definition) is 0. The Morgan fingerprint density at radius 1 is 0.950 bits per heavy atom. The summed E-state index contributed by atoms with van der Waals surface area (Å²) < 4.78 is 0. The predicted molar refractivity (Wildman–Crippen MR) is 85.7 cm³/mol. The standard InChI is InChI=1S/C16H28N2O2/c1-7-17(5)10-8-9-11-18(6)13-12(16(2,3)4)14(19)15(13)20/h7-11H2,1-6H3. The predicted octanol–water partition coefficient (Wildman–Crippen LogP) is 1.75. The van der Waals surface area contributed by atoms with Crippen LogP contribution in [0.4, 0.5) is 5.69 Å². The van der Waals surface area contributed by atoms with Gasteiger partial charge in [-0.2, -0.15) is 0 Å². The minimum absolute atomic E-state index is 0.253. The van der Waals surface area contributed by atoms with Crippen molar-refractivity contribution in [3.8, 4) is 0 Å². The van der Waals surface area contributed by atoms with E-state index in [1.807, 2.05) is 32.7 Å². The molecule has 0 amide bonds. The van der Waals surface area contributed by atoms with Crippen molar-refractivity contribution in [1.82, 2.24) is 4.90 Å². The van der Waals surface area contributed by atoms with E-state index >= 15 is 0 Å². The fourth-order valence-corrected chi connectivity index (χ4v) is 2.44. The lowest BCUT2D eigenvalue weighted by Crippen LogP contribution is -2.46. The zero-order valence-corrected chi connectivity index (χ0v) is 13.7. The van der Waals surface area contributed by atoms with Gasteiger partial charge in [-0.25, -0.2) is 0 Å². The SMILES string of the molecule is CCN(C)CCCCN(C)c1c(C(C)(C)C)c(=O)c1=O. The molecule has 0 atom stereocenters. The molecule has 0 fully saturated rings. The van der Waals surface area contributed by atoms with Gasteiger partial charge in [-0.1, -0.05) is 27.7 Å². The molecule has 1 rings (SSSR count). The Morgan fingerprint density at radius 2 is 1.50 bits per heavy atom. The van der Waals surface area contributed by atoms with Crippen LogP contribution < -0.4 is 15.8 Å². The Labute approximate surface area is 122 Å². The van der Waals surface area contributed by atoms with Gasteiger partial charge in [0, 0.05) is 19.2 Å². The molecule has 0 heterocycles. The minimum atomic E-state index is -0.317. The molecule has 4 nitrogen and oxygen atoms in total. The molecule has 0 aliphatic carbocycles. The highest BCUT2D eigenvalue weighted by Crippen LogP contribution is 2.27. The van der Waals surface area contributed by atoms with Gasteiger partial charge in [-0.15, -0.1) is 0 Å². The van der Waals surface area contributed by atoms with Gasteiger partial charge < -0.3 is 9.80 Å². The zero-order chi connectivity index (χ0) is 15.5. The van der Waals surface area contributed by atoms with Crippen LogP contribution in [0.1, 0.15) is 46.1 Å². The molecule has 0 saturated carbocycles. The van der Waals surface area contributed by atoms with Crippen molar-refractivity contribution in [2.45, 2.75) is 46.0 Å². The third-order valence-corrected chi connectivity index (χ3v) is 3.84. The van der Waals surface area contributed by atoms with Crippen LogP contribution in [-0.4, -0.2) is 38.6 Å². The van der Waals surface area contributed by atoms with Crippen LogP contribution in [0, 0.1) is 0 Å². The topological polar surface area (TPSA) is 40.6 Å². The maximum absolute atomic E-state index is 11.8. The number of anilines is 1. The molecular weight excluding hydrogens is 252 g/mol. The average molecular weight is 280 g/mol. The van der Waals surface area contributed by atoms with Crippen molar-refractivity contribution in [3.05, 3.63) is 26.0 Å². The van der Waals surface area contributed by atoms with Gasteiger partial charge in [0.1, 0.15) is 0 Å². The summed E-state index contributed by atoms with van der Waals surface area (Å²) in [6, 6.07) is 0. The van der Waals surface area contributed by atoms with E-state index in [0.29, 0.717) is 11.3 Å². The van der Waals surface area contributed by atoms with Crippen LogP contribution in [0.5, 0.6) is 0 Å². The Bertz CT molecular complexity index is 507. The summed E-state index contributed by atoms with van der Waals surface area (Å²) in [5, 5.41) is 0. The highest BCUT2D eigenvalue weighted by Gasteiger charge is 2.31. The lowest BCUT2D eigenvalue weighted by atomic mass is 9.82. The Kier molecular flexibility index (Phi) is 5.51. The second-order valence-electron chi connectivity index (χ2n) is 6.66. The van der Waals surface area contributed by atoms with Crippen molar-refractivity contribution in [3.63, 3.8) is 0 Å². The summed E-state index contributed by atoms with van der Waals surface area (Å²) in [6.45, 7) is 11.0. The lowest BCUT2D eigenvalue weighted by molar-refractivity contribution is 0.344. The molecule has 0 aromatic heterocycles. The number of unbranched alkanes of at least 4 members (excludes halogenated alkanes) is 1. The van der Waals surface area contributed by atoms with E-state index in [0.717, 1.165) is 32.5 Å². The maximum atomic E-state index is 11.8. The van der Waals surface area contributed by atoms with Gasteiger partial charge in [-0.3, -0.25) is 9.59 Å². The molecule has 0 saturated heterocycles. The van der Waals surface area contributed by atoms with E-state index < -0.39 is 0 Å². The molecule has 1 aromatic rings. The quantitative estimate of drug-likeness (QED) is 0.563. The summed E-state index contributed by atoms with van der Waals surface area (Å²) in [5.74, 6) is 0. The molecule has 0 spiro atoms. The summed E-state index contributed by atoms with van der Waals surface area (Å²) in [7, 11) is 4.02. The monoisotopic (exact) mass is 280 g/mol. The third kappa shape index (κ3) is 3.69. The van der Waals surface area contributed by atoms with Gasteiger partial charge in [0.15, 0.2) is 0 Å². The van der Waals surface area contributed by atoms with Crippen LogP contribution >= 0.6 is 0 Å². The Morgan fingerprint density at radius 3 is 2.00 bits per heavy atom. The first kappa shape index (κ1) is 16.9. The van der Waals surface area contributed by atoms with Gasteiger partial charge >= 0.3 is 0 Å². The maximum Gasteiger partial charge on any atom is 0.249 e. The van der Waals surface area contributed by atoms with Gasteiger partial charge in [0.05, 0.1) is 5.69 Å². The van der Waals surface area contributed by atoms with E-state index in [4.69, 9.17) is 0 Å². The molecular formula is C16H28N2O2. The van der Waals surface area contributed by atoms with Crippen LogP contribution in [0.2, 0.25) is 0 Å². The summed E-state index contributed by atoms with van der Waals surface area (Å²) in [4.78, 5) is 27.8. The molecule has 0 aliphatic heterocycles. The molecule has 0 bridgehead atoms. The van der Waals surface area contributed by atoms with E-state index in [-0.39, 0.29) is 16.3 Å². The highest BCUT2D eigenvalue weighted by molar-refractivity contribution is 5.60. The fourth-order valence-electron chi connectivity index (χ4n) is 2.44. The first-order chi connectivity index (χ1) is 9.20. The summed E-state index contributed by atoms with van der Waals surface area (Å²) in [5.41, 5.74) is 0.451. The van der Waals surface area contributed by atoms with Crippen LogP contribution in [0.25, 0.3) is 0 Å². The van der Waals surface area contributed by atoms with E-state index in [2.05, 4.69) is 18.9 Å². The largest absolute Gasteiger partial charge is 0.371 e. The van der Waals surface area contributed by atoms with Crippen molar-refractivity contribution in [2.75, 3.05) is 38.6 Å². The number of rotatable bonds is 7. The third-order valence-electron chi connectivity index (χ3n) is 3.84. The molecule has 20 heavy (non-hydrogen) atoms. The average Bonchev–Trinajstić information content (AvgIpc) is 2.37. The summed E-state index contributed by atoms with van der Waals surface area (Å²) in [6.07, 6.45) is 2.14. The van der Waals surface area contributed by atoms with Gasteiger partial charge in [0.25, 0.3) is 0 Å². The van der Waals surface area contributed by atoms with E-state index in [1.165, 1.54) is 0 Å². The molecule has 0 aliphatic rings. The lowest BCUT2D eigenvalue weighted by Gasteiger charge is -2.29. The molecule has 4 heteroatoms. The number of hydrogen-bond acceptors (Lipinski definition) is 4. The molecule has 114 valence electrons. The highest BCUT2D eigenvalue weighted by atomic mass is 16.2. The molecule has 1 aromatic carbocycles. The zero-order valence-electron chi connectivity index (χ0n) is 13.7. The van der Waals surface area contributed by atoms with Crippen molar-refractivity contribution >= 4 is 5.69 Å². The van der Waals surface area contributed by atoms with Crippen LogP contribution in [0.15, 0.2) is 9.59 Å². The van der Waals surface area contributed by atoms with Crippen molar-refractivity contribution < 1.29 is 0 Å². The Hall–Kier alpha value is -1.16. The summed E-state index contributed by atoms with van der Waals surface area (Å²) >= 11 is 0. The van der Waals surface area contributed by atoms with Crippen molar-refractivity contribution in [1.29, 1.82) is 0 Å². The normalized spacial score (nSPS) is 12.3. The van der Waals surface area contributed by atoms with E-state index in [1.54, 1.807) is 0 Å². The van der Waals surface area contributed by atoms with Gasteiger partial charge in [0.2, 0.25) is 10.9 Å². The van der Waals surface area contributed by atoms with Gasteiger partial charge in [-0.05, 0) is 38.4 Å². The van der Waals surface area contributed by atoms with Crippen LogP contribution in [0.3, 0.4) is 0 Å². The fraction of sp³-hybridized carbons (Fsp3) is 0.750. The van der Waals surface area contributed by atoms with E-state index in [9.17, 15) is 9.59 Å². The molecule has 0 unspecified atom stereocenters. The molecule has 0 N–H and O–H groups in total. The van der Waals surface area contributed by atoms with Crippen LogP contribution in [-0.2, 0) is 5.41 Å². The Balaban J connectivity index is 2.62. The molecule has 0 radical (unpaired) electrons. The number of nitrogens with zero attached hydrogens (tertiary/aromatic N) is 2. The van der Waals surface area contributed by atoms with Crippen molar-refractivity contribution in [2.24, 2.45) is 0 Å². The second-order valence-corrected chi connectivity index (χ2v) is 6.66. The first-order valence-electron chi connectivity index (χ1n) is 7.43. The first-order valence-corrected chi connectivity index (χ1v) is 7.43. The minimum Gasteiger partial charge on any atom is -0.371 e. The second kappa shape index (κ2) is 6.53.